The van der Waals surface area contributed by atoms with Crippen molar-refractivity contribution in [3.8, 4) is 17.2 Å². The summed E-state index contributed by atoms with van der Waals surface area (Å²) in [6.07, 6.45) is 5.60. The molecule has 7 heteroatoms. The second-order valence-corrected chi connectivity index (χ2v) is 6.72. The molecule has 1 N–H and O–H groups in total. The number of carbonyl (C=O) groups excluding carboxylic acids is 1. The van der Waals surface area contributed by atoms with Crippen molar-refractivity contribution in [2.75, 3.05) is 19.8 Å². The van der Waals surface area contributed by atoms with E-state index in [2.05, 4.69) is 6.92 Å². The van der Waals surface area contributed by atoms with Gasteiger partial charge in [-0.2, -0.15) is 0 Å². The molecule has 2 rings (SSSR count). The van der Waals surface area contributed by atoms with Crippen molar-refractivity contribution < 1.29 is 28.5 Å². The summed E-state index contributed by atoms with van der Waals surface area (Å²) in [5, 5.41) is 10.9. The van der Waals surface area contributed by atoms with Crippen LogP contribution in [-0.2, 0) is 9.53 Å². The van der Waals surface area contributed by atoms with Crippen LogP contribution in [0.1, 0.15) is 58.8 Å². The van der Waals surface area contributed by atoms with Crippen LogP contribution in [0.5, 0.6) is 17.2 Å². The molecule has 29 heavy (non-hydrogen) atoms. The molecule has 0 saturated heterocycles. The lowest BCUT2D eigenvalue weighted by Crippen LogP contribution is -2.09. The van der Waals surface area contributed by atoms with Crippen LogP contribution in [0, 0.1) is 0 Å². The molecule has 0 aliphatic rings. The third-order valence-corrected chi connectivity index (χ3v) is 4.41. The molecule has 0 aliphatic carbocycles. The number of fused-ring (bicyclic) bond motifs is 1. The van der Waals surface area contributed by atoms with Crippen molar-refractivity contribution >= 4 is 16.9 Å². The molecule has 0 aliphatic heterocycles. The van der Waals surface area contributed by atoms with Gasteiger partial charge in [0.05, 0.1) is 19.8 Å². The minimum atomic E-state index is -0.711. The average molecular weight is 406 g/mol. The maximum Gasteiger partial charge on any atom is 0.383 e. The molecule has 0 bridgehead atoms. The van der Waals surface area contributed by atoms with Crippen LogP contribution in [0.2, 0.25) is 0 Å². The Labute approximate surface area is 170 Å². The molecule has 0 fully saturated rings. The topological polar surface area (TPSA) is 95.2 Å². The third kappa shape index (κ3) is 6.69. The number of hydrogen-bond acceptors (Lipinski definition) is 7. The molecular formula is C22H30O7. The number of esters is 1. The second-order valence-electron chi connectivity index (χ2n) is 6.72. The average Bonchev–Trinajstić information content (AvgIpc) is 2.69. The fourth-order valence-corrected chi connectivity index (χ4v) is 2.92. The Morgan fingerprint density at radius 1 is 1.03 bits per heavy atom. The first-order valence-corrected chi connectivity index (χ1v) is 10.3. The molecule has 1 heterocycles. The quantitative estimate of drug-likeness (QED) is 0.296. The molecule has 0 saturated carbocycles. The number of benzene rings is 1. The number of aromatic hydroxyl groups is 1. The van der Waals surface area contributed by atoms with Crippen molar-refractivity contribution in [1.29, 1.82) is 0 Å². The summed E-state index contributed by atoms with van der Waals surface area (Å²) in [7, 11) is 0. The molecule has 0 amide bonds. The van der Waals surface area contributed by atoms with Crippen molar-refractivity contribution in [1.82, 2.24) is 0 Å². The number of unbranched alkanes of at least 4 members (excludes halogenated alkanes) is 4. The van der Waals surface area contributed by atoms with Crippen molar-refractivity contribution in [2.45, 2.75) is 58.8 Å². The highest BCUT2D eigenvalue weighted by Crippen LogP contribution is 2.37. The van der Waals surface area contributed by atoms with Crippen LogP contribution < -0.4 is 15.1 Å². The van der Waals surface area contributed by atoms with Gasteiger partial charge in [-0.05, 0) is 38.3 Å². The van der Waals surface area contributed by atoms with Crippen LogP contribution >= 0.6 is 0 Å². The van der Waals surface area contributed by atoms with E-state index in [9.17, 15) is 14.7 Å². The fourth-order valence-electron chi connectivity index (χ4n) is 2.92. The summed E-state index contributed by atoms with van der Waals surface area (Å²) >= 11 is 0. The zero-order valence-corrected chi connectivity index (χ0v) is 17.2. The molecule has 1 aromatic carbocycles. The van der Waals surface area contributed by atoms with Gasteiger partial charge in [0.15, 0.2) is 5.75 Å². The number of ether oxygens (including phenoxy) is 3. The second kappa shape index (κ2) is 12.0. The maximum atomic E-state index is 12.2. The highest BCUT2D eigenvalue weighted by molar-refractivity contribution is 5.91. The Balaban J connectivity index is 2.04. The standard InChI is InChI=1S/C22H30O7/c1-3-5-6-8-15-28-21-20(24)19-16(11-10-12-17(19)29-22(21)25)27-14-9-7-13-18(23)26-4-2/h10-12,24H,3-9,13-15H2,1-2H3. The Morgan fingerprint density at radius 3 is 2.55 bits per heavy atom. The first-order chi connectivity index (χ1) is 14.1. The number of hydrogen-bond donors (Lipinski definition) is 1. The number of carbonyl (C=O) groups is 1. The van der Waals surface area contributed by atoms with Crippen LogP contribution in [-0.4, -0.2) is 30.9 Å². The van der Waals surface area contributed by atoms with E-state index in [1.54, 1.807) is 25.1 Å². The molecule has 7 nitrogen and oxygen atoms in total. The summed E-state index contributed by atoms with van der Waals surface area (Å²) in [4.78, 5) is 23.5. The molecule has 0 spiro atoms. The molecule has 0 atom stereocenters. The Kier molecular flexibility index (Phi) is 9.34. The zero-order valence-electron chi connectivity index (χ0n) is 17.2. The molecule has 0 radical (unpaired) electrons. The van der Waals surface area contributed by atoms with Gasteiger partial charge in [-0.25, -0.2) is 4.79 Å². The van der Waals surface area contributed by atoms with Crippen LogP contribution in [0.15, 0.2) is 27.4 Å². The summed E-state index contributed by atoms with van der Waals surface area (Å²) in [5.41, 5.74) is -0.480. The summed E-state index contributed by atoms with van der Waals surface area (Å²) in [6, 6.07) is 4.97. The lowest BCUT2D eigenvalue weighted by molar-refractivity contribution is -0.143. The van der Waals surface area contributed by atoms with Gasteiger partial charge in [-0.15, -0.1) is 0 Å². The lowest BCUT2D eigenvalue weighted by Gasteiger charge is -2.12. The van der Waals surface area contributed by atoms with E-state index in [0.717, 1.165) is 25.7 Å². The first kappa shape index (κ1) is 22.6. The predicted molar refractivity (Wildman–Crippen MR) is 110 cm³/mol. The van der Waals surface area contributed by atoms with Crippen LogP contribution in [0.4, 0.5) is 0 Å². The zero-order chi connectivity index (χ0) is 21.1. The molecule has 1 aromatic heterocycles. The Morgan fingerprint density at radius 2 is 1.79 bits per heavy atom. The molecule has 160 valence electrons. The van der Waals surface area contributed by atoms with Crippen molar-refractivity contribution in [2.24, 2.45) is 0 Å². The summed E-state index contributed by atoms with van der Waals surface area (Å²) in [5.74, 6) is -0.283. The normalized spacial score (nSPS) is 10.8. The lowest BCUT2D eigenvalue weighted by atomic mass is 10.2. The van der Waals surface area contributed by atoms with Gasteiger partial charge in [0.2, 0.25) is 5.75 Å². The van der Waals surface area contributed by atoms with Gasteiger partial charge >= 0.3 is 11.6 Å². The van der Waals surface area contributed by atoms with Crippen LogP contribution in [0.25, 0.3) is 11.0 Å². The largest absolute Gasteiger partial charge is 0.503 e. The first-order valence-electron chi connectivity index (χ1n) is 10.3. The van der Waals surface area contributed by atoms with E-state index in [-0.39, 0.29) is 23.1 Å². The van der Waals surface area contributed by atoms with Gasteiger partial charge in [0, 0.05) is 6.42 Å². The highest BCUT2D eigenvalue weighted by atomic mass is 16.5. The van der Waals surface area contributed by atoms with E-state index in [0.29, 0.717) is 50.2 Å². The molecule has 0 unspecified atom stereocenters. The predicted octanol–water partition coefficient (Wildman–Crippen LogP) is 4.57. The van der Waals surface area contributed by atoms with Gasteiger partial charge in [-0.1, -0.05) is 32.3 Å². The SMILES string of the molecule is CCCCCCOc1c(O)c2c(OCCCCC(=O)OCC)cccc2oc1=O. The monoisotopic (exact) mass is 406 g/mol. The van der Waals surface area contributed by atoms with Crippen molar-refractivity contribution in [3.05, 3.63) is 28.6 Å². The Hall–Kier alpha value is -2.70. The third-order valence-electron chi connectivity index (χ3n) is 4.41. The van der Waals surface area contributed by atoms with E-state index >= 15 is 0 Å². The minimum absolute atomic E-state index is 0.188. The van der Waals surface area contributed by atoms with Crippen LogP contribution in [0.3, 0.4) is 0 Å². The van der Waals surface area contributed by atoms with E-state index in [1.807, 2.05) is 0 Å². The maximum absolute atomic E-state index is 12.2. The van der Waals surface area contributed by atoms with E-state index < -0.39 is 5.63 Å². The smallest absolute Gasteiger partial charge is 0.383 e. The van der Waals surface area contributed by atoms with E-state index in [4.69, 9.17) is 18.6 Å². The van der Waals surface area contributed by atoms with Gasteiger partial charge < -0.3 is 23.7 Å². The highest BCUT2D eigenvalue weighted by Gasteiger charge is 2.19. The van der Waals surface area contributed by atoms with Gasteiger partial charge in [0.1, 0.15) is 16.7 Å². The number of rotatable bonds is 13. The molecule has 2 aromatic rings. The Bertz CT molecular complexity index is 841. The fraction of sp³-hybridized carbons (Fsp3) is 0.545. The summed E-state index contributed by atoms with van der Waals surface area (Å²) < 4.78 is 21.5. The van der Waals surface area contributed by atoms with Crippen molar-refractivity contribution in [3.63, 3.8) is 0 Å². The minimum Gasteiger partial charge on any atom is -0.503 e. The van der Waals surface area contributed by atoms with E-state index in [1.165, 1.54) is 0 Å². The van der Waals surface area contributed by atoms with Gasteiger partial charge in [0.25, 0.3) is 0 Å². The molecular weight excluding hydrogens is 376 g/mol. The van der Waals surface area contributed by atoms with Gasteiger partial charge in [-0.3, -0.25) is 4.79 Å². The summed E-state index contributed by atoms with van der Waals surface area (Å²) in [6.45, 7) is 4.95.